The summed E-state index contributed by atoms with van der Waals surface area (Å²) in [5.74, 6) is -0.180. The van der Waals surface area contributed by atoms with Crippen molar-refractivity contribution < 1.29 is 4.39 Å². The molecular weight excluding hydrogens is 212 g/mol. The normalized spacial score (nSPS) is 14.7. The summed E-state index contributed by atoms with van der Waals surface area (Å²) in [7, 11) is 2.14. The maximum Gasteiger partial charge on any atom is 0.248 e. The van der Waals surface area contributed by atoms with E-state index in [9.17, 15) is 4.39 Å². The molecule has 0 spiro atoms. The third-order valence-electron chi connectivity index (χ3n) is 3.37. The van der Waals surface area contributed by atoms with Crippen LogP contribution in [0.2, 0.25) is 0 Å². The number of hydrogen-bond donors (Lipinski definition) is 0. The van der Waals surface area contributed by atoms with Crippen LogP contribution in [-0.4, -0.2) is 24.3 Å². The zero-order valence-corrected chi connectivity index (χ0v) is 11.3. The van der Waals surface area contributed by atoms with Crippen LogP contribution in [0.3, 0.4) is 0 Å². The molecule has 0 heterocycles. The van der Waals surface area contributed by atoms with Crippen molar-refractivity contribution in [2.24, 2.45) is 0 Å². The Hall–Kier alpha value is -0.825. The lowest BCUT2D eigenvalue weighted by atomic mass is 9.77. The first kappa shape index (κ1) is 14.2. The lowest BCUT2D eigenvalue weighted by molar-refractivity contribution is 0.271. The van der Waals surface area contributed by atoms with Gasteiger partial charge in [-0.1, -0.05) is 45.3 Å². The highest BCUT2D eigenvalue weighted by Gasteiger charge is 2.18. The summed E-state index contributed by atoms with van der Waals surface area (Å²) in [5, 5.41) is 0. The molecule has 2 unspecified atom stereocenters. The Morgan fingerprint density at radius 1 is 1.06 bits per heavy atom. The van der Waals surface area contributed by atoms with Gasteiger partial charge >= 0.3 is 0 Å². The first-order valence-electron chi connectivity index (χ1n) is 6.46. The van der Waals surface area contributed by atoms with Crippen molar-refractivity contribution in [3.63, 3.8) is 0 Å². The molecule has 0 aliphatic heterocycles. The maximum atomic E-state index is 12.8. The standard InChI is InChI=1S/C14H22BFN/c1-5-11(3)17(12(4)6-2)15-13-7-9-14(16)10-8-13/h7-12H,5-6H2,1-4H3. The van der Waals surface area contributed by atoms with Gasteiger partial charge in [-0.05, 0) is 37.1 Å². The lowest BCUT2D eigenvalue weighted by Gasteiger charge is -2.33. The lowest BCUT2D eigenvalue weighted by Crippen LogP contribution is -2.46. The SMILES string of the molecule is CCC(C)N([B]c1ccc(F)cc1)C(C)CC. The Kier molecular flexibility index (Phi) is 5.69. The predicted molar refractivity (Wildman–Crippen MR) is 73.1 cm³/mol. The monoisotopic (exact) mass is 234 g/mol. The van der Waals surface area contributed by atoms with Crippen LogP contribution in [0.15, 0.2) is 24.3 Å². The Labute approximate surface area is 105 Å². The minimum absolute atomic E-state index is 0.180. The molecule has 0 aliphatic rings. The molecule has 0 amide bonds. The van der Waals surface area contributed by atoms with Crippen molar-refractivity contribution >= 4 is 12.9 Å². The molecule has 0 N–H and O–H groups in total. The molecule has 1 aromatic carbocycles. The molecule has 3 heteroatoms. The summed E-state index contributed by atoms with van der Waals surface area (Å²) in [4.78, 5) is 2.37. The fourth-order valence-electron chi connectivity index (χ4n) is 1.83. The summed E-state index contributed by atoms with van der Waals surface area (Å²) < 4.78 is 12.8. The summed E-state index contributed by atoms with van der Waals surface area (Å²) in [5.41, 5.74) is 1.06. The van der Waals surface area contributed by atoms with Crippen molar-refractivity contribution in [2.75, 3.05) is 0 Å². The minimum atomic E-state index is -0.180. The number of hydrogen-bond acceptors (Lipinski definition) is 1. The molecule has 93 valence electrons. The molecule has 17 heavy (non-hydrogen) atoms. The van der Waals surface area contributed by atoms with Gasteiger partial charge in [0.2, 0.25) is 7.41 Å². The first-order chi connectivity index (χ1) is 8.08. The Bertz CT molecular complexity index is 315. The van der Waals surface area contributed by atoms with Crippen LogP contribution in [0.5, 0.6) is 0 Å². The Balaban J connectivity index is 2.75. The number of nitrogens with zero attached hydrogens (tertiary/aromatic N) is 1. The summed E-state index contributed by atoms with van der Waals surface area (Å²) in [6.07, 6.45) is 2.23. The van der Waals surface area contributed by atoms with Crippen molar-refractivity contribution in [1.82, 2.24) is 4.81 Å². The van der Waals surface area contributed by atoms with Gasteiger partial charge in [0.1, 0.15) is 5.82 Å². The van der Waals surface area contributed by atoms with E-state index in [1.807, 2.05) is 12.1 Å². The third kappa shape index (κ3) is 4.16. The highest BCUT2D eigenvalue weighted by molar-refractivity contribution is 6.50. The van der Waals surface area contributed by atoms with E-state index in [1.54, 1.807) is 0 Å². The predicted octanol–water partition coefficient (Wildman–Crippen LogP) is 2.97. The number of rotatable bonds is 6. The molecule has 1 rings (SSSR count). The van der Waals surface area contributed by atoms with Crippen LogP contribution in [-0.2, 0) is 0 Å². The molecule has 0 aromatic heterocycles. The van der Waals surface area contributed by atoms with Crippen molar-refractivity contribution in [1.29, 1.82) is 0 Å². The van der Waals surface area contributed by atoms with E-state index in [2.05, 4.69) is 39.9 Å². The van der Waals surface area contributed by atoms with Gasteiger partial charge in [-0.15, -0.1) is 0 Å². The van der Waals surface area contributed by atoms with Gasteiger partial charge in [0.05, 0.1) is 0 Å². The third-order valence-corrected chi connectivity index (χ3v) is 3.37. The van der Waals surface area contributed by atoms with Crippen LogP contribution >= 0.6 is 0 Å². The largest absolute Gasteiger partial charge is 0.337 e. The van der Waals surface area contributed by atoms with Crippen LogP contribution < -0.4 is 5.46 Å². The average molecular weight is 234 g/mol. The van der Waals surface area contributed by atoms with E-state index in [0.29, 0.717) is 12.1 Å². The van der Waals surface area contributed by atoms with Gasteiger partial charge in [-0.3, -0.25) is 0 Å². The molecule has 0 saturated heterocycles. The molecule has 0 aliphatic carbocycles. The van der Waals surface area contributed by atoms with Gasteiger partial charge in [-0.25, -0.2) is 4.39 Å². The molecular formula is C14H22BFN. The fraction of sp³-hybridized carbons (Fsp3) is 0.571. The van der Waals surface area contributed by atoms with E-state index in [4.69, 9.17) is 0 Å². The smallest absolute Gasteiger partial charge is 0.248 e. The minimum Gasteiger partial charge on any atom is -0.337 e. The molecule has 0 saturated carbocycles. The van der Waals surface area contributed by atoms with Crippen LogP contribution in [0.25, 0.3) is 0 Å². The van der Waals surface area contributed by atoms with E-state index in [-0.39, 0.29) is 5.82 Å². The second-order valence-electron chi connectivity index (χ2n) is 4.64. The maximum absolute atomic E-state index is 12.8. The Morgan fingerprint density at radius 3 is 1.94 bits per heavy atom. The van der Waals surface area contributed by atoms with E-state index >= 15 is 0 Å². The highest BCUT2D eigenvalue weighted by Crippen LogP contribution is 2.10. The highest BCUT2D eigenvalue weighted by atomic mass is 19.1. The summed E-state index contributed by atoms with van der Waals surface area (Å²) >= 11 is 0. The molecule has 1 nitrogen and oxygen atoms in total. The van der Waals surface area contributed by atoms with Crippen LogP contribution in [0.4, 0.5) is 4.39 Å². The number of benzene rings is 1. The van der Waals surface area contributed by atoms with E-state index in [1.165, 1.54) is 12.1 Å². The van der Waals surface area contributed by atoms with Gasteiger partial charge in [0, 0.05) is 0 Å². The average Bonchev–Trinajstić information content (AvgIpc) is 2.36. The van der Waals surface area contributed by atoms with Crippen molar-refractivity contribution in [3.8, 4) is 0 Å². The molecule has 0 bridgehead atoms. The topological polar surface area (TPSA) is 3.24 Å². The van der Waals surface area contributed by atoms with Gasteiger partial charge in [-0.2, -0.15) is 0 Å². The second-order valence-corrected chi connectivity index (χ2v) is 4.64. The van der Waals surface area contributed by atoms with Crippen molar-refractivity contribution in [3.05, 3.63) is 30.1 Å². The zero-order chi connectivity index (χ0) is 12.8. The second kappa shape index (κ2) is 6.80. The quantitative estimate of drug-likeness (QED) is 0.684. The van der Waals surface area contributed by atoms with Gasteiger partial charge in [0.15, 0.2) is 0 Å². The summed E-state index contributed by atoms with van der Waals surface area (Å²) in [6.45, 7) is 8.84. The molecule has 2 atom stereocenters. The molecule has 1 radical (unpaired) electrons. The number of halogens is 1. The molecule has 1 aromatic rings. The van der Waals surface area contributed by atoms with Crippen molar-refractivity contribution in [2.45, 2.75) is 52.6 Å². The first-order valence-corrected chi connectivity index (χ1v) is 6.46. The van der Waals surface area contributed by atoms with E-state index in [0.717, 1.165) is 18.3 Å². The zero-order valence-electron chi connectivity index (χ0n) is 11.3. The van der Waals surface area contributed by atoms with Crippen LogP contribution in [0, 0.1) is 5.82 Å². The van der Waals surface area contributed by atoms with E-state index < -0.39 is 0 Å². The van der Waals surface area contributed by atoms with Gasteiger partial charge in [0.25, 0.3) is 0 Å². The van der Waals surface area contributed by atoms with Gasteiger partial charge < -0.3 is 4.81 Å². The Morgan fingerprint density at radius 2 is 1.53 bits per heavy atom. The van der Waals surface area contributed by atoms with Crippen LogP contribution in [0.1, 0.15) is 40.5 Å². The summed E-state index contributed by atoms with van der Waals surface area (Å²) in [6, 6.07) is 7.69. The fourth-order valence-corrected chi connectivity index (χ4v) is 1.83. The molecule has 0 fully saturated rings.